The van der Waals surface area contributed by atoms with Gasteiger partial charge >= 0.3 is 0 Å². The summed E-state index contributed by atoms with van der Waals surface area (Å²) >= 11 is 0. The number of fused-ring (bicyclic) bond motifs is 1. The molecular weight excluding hydrogens is 166 g/mol. The smallest absolute Gasteiger partial charge is 0.130 e. The molecule has 0 saturated carbocycles. The molecule has 68 valence electrons. The molecule has 3 heteroatoms. The monoisotopic (exact) mass is 177 g/mol. The number of benzene rings is 1. The van der Waals surface area contributed by atoms with Crippen molar-refractivity contribution < 1.29 is 9.84 Å². The second-order valence-corrected chi connectivity index (χ2v) is 3.02. The van der Waals surface area contributed by atoms with Crippen molar-refractivity contribution >= 4 is 6.08 Å². The summed E-state index contributed by atoms with van der Waals surface area (Å²) < 4.78 is 5.40. The molecule has 3 N–H and O–H groups in total. The quantitative estimate of drug-likeness (QED) is 0.676. The number of rotatable bonds is 1. The molecule has 2 rings (SSSR count). The molecule has 13 heavy (non-hydrogen) atoms. The number of phenols is 1. The molecule has 1 heterocycles. The van der Waals surface area contributed by atoms with E-state index in [2.05, 4.69) is 0 Å². The fraction of sp³-hybridized carbons (Fsp3) is 0.200. The second-order valence-electron chi connectivity index (χ2n) is 3.02. The van der Waals surface area contributed by atoms with E-state index in [1.54, 1.807) is 12.1 Å². The minimum Gasteiger partial charge on any atom is -0.508 e. The molecule has 1 aliphatic rings. The maximum atomic E-state index is 9.19. The highest BCUT2D eigenvalue weighted by Gasteiger charge is 2.10. The molecule has 0 spiro atoms. The van der Waals surface area contributed by atoms with Crippen LogP contribution in [0.2, 0.25) is 0 Å². The largest absolute Gasteiger partial charge is 0.508 e. The molecule has 0 atom stereocenters. The second kappa shape index (κ2) is 3.11. The lowest BCUT2D eigenvalue weighted by molar-refractivity contribution is 0.343. The van der Waals surface area contributed by atoms with Crippen LogP contribution in [0.5, 0.6) is 11.5 Å². The first-order chi connectivity index (χ1) is 6.29. The van der Waals surface area contributed by atoms with E-state index < -0.39 is 0 Å². The summed E-state index contributed by atoms with van der Waals surface area (Å²) in [6, 6.07) is 5.07. The zero-order valence-electron chi connectivity index (χ0n) is 7.16. The highest BCUT2D eigenvalue weighted by atomic mass is 16.5. The lowest BCUT2D eigenvalue weighted by atomic mass is 10.1. The van der Waals surface area contributed by atoms with Crippen molar-refractivity contribution in [3.63, 3.8) is 0 Å². The minimum atomic E-state index is 0.225. The van der Waals surface area contributed by atoms with Gasteiger partial charge in [0.2, 0.25) is 0 Å². The van der Waals surface area contributed by atoms with Crippen LogP contribution >= 0.6 is 0 Å². The predicted octanol–water partition coefficient (Wildman–Crippen LogP) is 1.13. The Morgan fingerprint density at radius 3 is 3.08 bits per heavy atom. The van der Waals surface area contributed by atoms with Crippen molar-refractivity contribution in [1.82, 2.24) is 0 Å². The van der Waals surface area contributed by atoms with Gasteiger partial charge in [-0.15, -0.1) is 0 Å². The van der Waals surface area contributed by atoms with E-state index in [4.69, 9.17) is 10.5 Å². The van der Waals surface area contributed by atoms with Crippen LogP contribution in [0.1, 0.15) is 5.56 Å². The molecule has 0 aliphatic carbocycles. The molecule has 0 amide bonds. The Balaban J connectivity index is 2.42. The summed E-state index contributed by atoms with van der Waals surface area (Å²) in [5.41, 5.74) is 7.54. The number of ether oxygens (including phenoxy) is 1. The van der Waals surface area contributed by atoms with Gasteiger partial charge in [-0.3, -0.25) is 0 Å². The molecule has 1 aliphatic heterocycles. The number of hydrogen-bond donors (Lipinski definition) is 2. The highest BCUT2D eigenvalue weighted by molar-refractivity contribution is 5.63. The zero-order valence-corrected chi connectivity index (χ0v) is 7.16. The lowest BCUT2D eigenvalue weighted by Gasteiger charge is -2.16. The van der Waals surface area contributed by atoms with E-state index in [0.29, 0.717) is 13.2 Å². The molecule has 0 saturated heterocycles. The Bertz CT molecular complexity index is 358. The van der Waals surface area contributed by atoms with Crippen molar-refractivity contribution in [3.8, 4) is 11.5 Å². The average Bonchev–Trinajstić information content (AvgIpc) is 2.17. The van der Waals surface area contributed by atoms with Crippen LogP contribution in [0.4, 0.5) is 0 Å². The van der Waals surface area contributed by atoms with Crippen LogP contribution in [0.25, 0.3) is 6.08 Å². The van der Waals surface area contributed by atoms with Crippen LogP contribution in [-0.4, -0.2) is 18.3 Å². The van der Waals surface area contributed by atoms with Crippen molar-refractivity contribution in [2.45, 2.75) is 0 Å². The van der Waals surface area contributed by atoms with Crippen molar-refractivity contribution in [2.75, 3.05) is 13.2 Å². The molecule has 0 bridgehead atoms. The molecule has 1 aromatic carbocycles. The summed E-state index contributed by atoms with van der Waals surface area (Å²) in [6.07, 6.45) is 2.00. The summed E-state index contributed by atoms with van der Waals surface area (Å²) in [5.74, 6) is 0.945. The van der Waals surface area contributed by atoms with E-state index in [1.165, 1.54) is 0 Å². The van der Waals surface area contributed by atoms with Gasteiger partial charge in [0, 0.05) is 18.2 Å². The first-order valence-electron chi connectivity index (χ1n) is 4.15. The predicted molar refractivity (Wildman–Crippen MR) is 50.6 cm³/mol. The van der Waals surface area contributed by atoms with Gasteiger partial charge in [-0.25, -0.2) is 0 Å². The van der Waals surface area contributed by atoms with Gasteiger partial charge in [-0.05, 0) is 23.8 Å². The van der Waals surface area contributed by atoms with E-state index in [0.717, 1.165) is 16.9 Å². The van der Waals surface area contributed by atoms with Gasteiger partial charge in [0.15, 0.2) is 0 Å². The number of nitrogens with two attached hydrogens (primary N) is 1. The SMILES string of the molecule is NCC1=Cc2ccc(O)cc2OC1. The van der Waals surface area contributed by atoms with Crippen molar-refractivity contribution in [1.29, 1.82) is 0 Å². The van der Waals surface area contributed by atoms with E-state index in [1.807, 2.05) is 12.1 Å². The number of hydrogen-bond acceptors (Lipinski definition) is 3. The van der Waals surface area contributed by atoms with Gasteiger partial charge < -0.3 is 15.6 Å². The normalized spacial score (nSPS) is 14.4. The maximum absolute atomic E-state index is 9.19. The van der Waals surface area contributed by atoms with Crippen LogP contribution in [-0.2, 0) is 0 Å². The average molecular weight is 177 g/mol. The molecule has 0 radical (unpaired) electrons. The molecular formula is C10H11NO2. The van der Waals surface area contributed by atoms with E-state index >= 15 is 0 Å². The Morgan fingerprint density at radius 1 is 1.46 bits per heavy atom. The fourth-order valence-electron chi connectivity index (χ4n) is 1.32. The molecule has 1 aromatic rings. The summed E-state index contributed by atoms with van der Waals surface area (Å²) in [5, 5.41) is 9.19. The zero-order chi connectivity index (χ0) is 9.26. The fourth-order valence-corrected chi connectivity index (χ4v) is 1.32. The summed E-state index contributed by atoms with van der Waals surface area (Å²) in [6.45, 7) is 1.03. The third-order valence-corrected chi connectivity index (χ3v) is 2.03. The Hall–Kier alpha value is -1.48. The third kappa shape index (κ3) is 1.51. The first kappa shape index (κ1) is 8.13. The van der Waals surface area contributed by atoms with E-state index in [-0.39, 0.29) is 5.75 Å². The Morgan fingerprint density at radius 2 is 2.31 bits per heavy atom. The Kier molecular flexibility index (Phi) is 1.94. The Labute approximate surface area is 76.4 Å². The molecule has 0 aromatic heterocycles. The summed E-state index contributed by atoms with van der Waals surface area (Å²) in [7, 11) is 0. The van der Waals surface area contributed by atoms with Crippen molar-refractivity contribution in [2.24, 2.45) is 5.73 Å². The van der Waals surface area contributed by atoms with Gasteiger partial charge in [0.05, 0.1) is 0 Å². The van der Waals surface area contributed by atoms with Gasteiger partial charge in [0.25, 0.3) is 0 Å². The van der Waals surface area contributed by atoms with Crippen molar-refractivity contribution in [3.05, 3.63) is 29.3 Å². The number of aromatic hydroxyl groups is 1. The molecule has 3 nitrogen and oxygen atoms in total. The standard InChI is InChI=1S/C10H11NO2/c11-5-7-3-8-1-2-9(12)4-10(8)13-6-7/h1-4,12H,5-6,11H2. The highest BCUT2D eigenvalue weighted by Crippen LogP contribution is 2.29. The van der Waals surface area contributed by atoms with Crippen LogP contribution < -0.4 is 10.5 Å². The maximum Gasteiger partial charge on any atom is 0.130 e. The minimum absolute atomic E-state index is 0.225. The van der Waals surface area contributed by atoms with Gasteiger partial charge in [0.1, 0.15) is 18.1 Å². The third-order valence-electron chi connectivity index (χ3n) is 2.03. The first-order valence-corrected chi connectivity index (χ1v) is 4.15. The molecule has 0 fully saturated rings. The van der Waals surface area contributed by atoms with Gasteiger partial charge in [-0.2, -0.15) is 0 Å². The molecule has 0 unspecified atom stereocenters. The van der Waals surface area contributed by atoms with E-state index in [9.17, 15) is 5.11 Å². The van der Waals surface area contributed by atoms with Gasteiger partial charge in [-0.1, -0.05) is 0 Å². The topological polar surface area (TPSA) is 55.5 Å². The number of phenolic OH excluding ortho intramolecular Hbond substituents is 1. The summed E-state index contributed by atoms with van der Waals surface area (Å²) in [4.78, 5) is 0. The van der Waals surface area contributed by atoms with Crippen LogP contribution in [0.3, 0.4) is 0 Å². The van der Waals surface area contributed by atoms with Crippen LogP contribution in [0, 0.1) is 0 Å². The lowest BCUT2D eigenvalue weighted by Crippen LogP contribution is -2.14. The van der Waals surface area contributed by atoms with Crippen LogP contribution in [0.15, 0.2) is 23.8 Å².